The molecule has 0 heterocycles. The van der Waals surface area contributed by atoms with Gasteiger partial charge in [0.1, 0.15) is 0 Å². The Morgan fingerprint density at radius 3 is 2.67 bits per heavy atom. The maximum absolute atomic E-state index is 10.0. The van der Waals surface area contributed by atoms with Crippen LogP contribution in [0.5, 0.6) is 0 Å². The summed E-state index contributed by atoms with van der Waals surface area (Å²) in [6.45, 7) is 5.38. The Balaban J connectivity index is 2.38. The second-order valence-corrected chi connectivity index (χ2v) is 5.83. The topological polar surface area (TPSA) is 56.5 Å². The van der Waals surface area contributed by atoms with Crippen LogP contribution in [0.3, 0.4) is 0 Å². The molecule has 0 saturated heterocycles. The molecule has 2 rings (SSSR count). The van der Waals surface area contributed by atoms with Crippen molar-refractivity contribution in [3.8, 4) is 6.07 Å². The molecule has 0 amide bonds. The second-order valence-electron chi connectivity index (χ2n) is 5.83. The minimum atomic E-state index is -0.552. The van der Waals surface area contributed by atoms with Gasteiger partial charge in [-0.1, -0.05) is 6.07 Å². The number of aliphatic hydroxyl groups excluding tert-OH is 1. The summed E-state index contributed by atoms with van der Waals surface area (Å²) in [6, 6.07) is 8.09. The van der Waals surface area contributed by atoms with E-state index in [9.17, 15) is 5.11 Å². The molecule has 0 aliphatic heterocycles. The molecule has 0 bridgehead atoms. The van der Waals surface area contributed by atoms with Crippen LogP contribution in [0, 0.1) is 17.2 Å². The van der Waals surface area contributed by atoms with Crippen molar-refractivity contribution in [3.05, 3.63) is 29.3 Å². The van der Waals surface area contributed by atoms with Crippen LogP contribution in [0.15, 0.2) is 18.2 Å². The summed E-state index contributed by atoms with van der Waals surface area (Å²) in [4.78, 5) is 2.28. The minimum Gasteiger partial charge on any atom is -0.389 e. The summed E-state index contributed by atoms with van der Waals surface area (Å²) in [5.41, 5.74) is 2.46. The quantitative estimate of drug-likeness (QED) is 0.838. The van der Waals surface area contributed by atoms with E-state index in [0.29, 0.717) is 24.1 Å². The number of methoxy groups -OCH3 is 1. The Hall–Kier alpha value is -1.57. The van der Waals surface area contributed by atoms with Crippen LogP contribution < -0.4 is 4.90 Å². The van der Waals surface area contributed by atoms with Crippen molar-refractivity contribution in [2.24, 2.45) is 5.92 Å². The third-order valence-corrected chi connectivity index (χ3v) is 4.25. The maximum Gasteiger partial charge on any atom is 0.0992 e. The molecule has 114 valence electrons. The molecule has 1 aromatic carbocycles. The Labute approximate surface area is 127 Å². The van der Waals surface area contributed by atoms with E-state index in [1.165, 1.54) is 12.8 Å². The minimum absolute atomic E-state index is 0.395. The lowest BCUT2D eigenvalue weighted by atomic mass is 10.0. The third kappa shape index (κ3) is 3.75. The molecule has 1 saturated carbocycles. The summed E-state index contributed by atoms with van der Waals surface area (Å²) >= 11 is 0. The third-order valence-electron chi connectivity index (χ3n) is 4.25. The number of hydrogen-bond donors (Lipinski definition) is 1. The number of ether oxygens (including phenoxy) is 1. The molecule has 4 nitrogen and oxygen atoms in total. The van der Waals surface area contributed by atoms with E-state index in [2.05, 4.69) is 17.9 Å². The molecule has 0 radical (unpaired) electrons. The highest BCUT2D eigenvalue weighted by molar-refractivity contribution is 5.59. The fourth-order valence-electron chi connectivity index (χ4n) is 2.78. The lowest BCUT2D eigenvalue weighted by molar-refractivity contribution is 0.196. The molecule has 1 aliphatic rings. The number of anilines is 1. The van der Waals surface area contributed by atoms with E-state index in [-0.39, 0.29) is 0 Å². The Morgan fingerprint density at radius 1 is 1.43 bits per heavy atom. The second kappa shape index (κ2) is 6.93. The number of aliphatic hydroxyl groups is 1. The monoisotopic (exact) mass is 288 g/mol. The summed E-state index contributed by atoms with van der Waals surface area (Å²) in [7, 11) is 1.70. The zero-order valence-corrected chi connectivity index (χ0v) is 13.0. The molecule has 2 atom stereocenters. The maximum atomic E-state index is 10.0. The number of benzene rings is 1. The van der Waals surface area contributed by atoms with Crippen LogP contribution in [-0.2, 0) is 4.74 Å². The van der Waals surface area contributed by atoms with Gasteiger partial charge in [0, 0.05) is 30.9 Å². The van der Waals surface area contributed by atoms with Gasteiger partial charge in [-0.2, -0.15) is 5.26 Å². The average molecular weight is 288 g/mol. The lowest BCUT2D eigenvalue weighted by Crippen LogP contribution is -2.38. The highest BCUT2D eigenvalue weighted by Crippen LogP contribution is 2.38. The molecule has 1 fully saturated rings. The van der Waals surface area contributed by atoms with Crippen molar-refractivity contribution < 1.29 is 9.84 Å². The van der Waals surface area contributed by atoms with Gasteiger partial charge in [0.15, 0.2) is 0 Å². The molecule has 1 aliphatic carbocycles. The zero-order valence-electron chi connectivity index (χ0n) is 13.0. The molecule has 0 aromatic heterocycles. The van der Waals surface area contributed by atoms with Crippen LogP contribution >= 0.6 is 0 Å². The van der Waals surface area contributed by atoms with Gasteiger partial charge in [-0.25, -0.2) is 0 Å². The number of rotatable bonds is 7. The van der Waals surface area contributed by atoms with Gasteiger partial charge >= 0.3 is 0 Å². The molecule has 1 aromatic rings. The zero-order chi connectivity index (χ0) is 15.4. The van der Waals surface area contributed by atoms with Crippen LogP contribution in [-0.4, -0.2) is 31.4 Å². The van der Waals surface area contributed by atoms with E-state index in [4.69, 9.17) is 10.00 Å². The van der Waals surface area contributed by atoms with E-state index in [1.54, 1.807) is 20.1 Å². The number of nitriles is 1. The number of nitrogens with zero attached hydrogens (tertiary/aromatic N) is 2. The lowest BCUT2D eigenvalue weighted by Gasteiger charge is -2.33. The molecule has 1 N–H and O–H groups in total. The predicted octanol–water partition coefficient (Wildman–Crippen LogP) is 2.86. The normalized spacial score (nSPS) is 17.1. The van der Waals surface area contributed by atoms with E-state index in [1.807, 2.05) is 12.1 Å². The van der Waals surface area contributed by atoms with Crippen molar-refractivity contribution in [3.63, 3.8) is 0 Å². The highest BCUT2D eigenvalue weighted by atomic mass is 16.5. The van der Waals surface area contributed by atoms with E-state index in [0.717, 1.165) is 17.8 Å². The number of hydrogen-bond acceptors (Lipinski definition) is 4. The highest BCUT2D eigenvalue weighted by Gasteiger charge is 2.33. The van der Waals surface area contributed by atoms with E-state index >= 15 is 0 Å². The van der Waals surface area contributed by atoms with Crippen molar-refractivity contribution >= 4 is 5.69 Å². The summed E-state index contributed by atoms with van der Waals surface area (Å²) in [5, 5.41) is 19.2. The smallest absolute Gasteiger partial charge is 0.0992 e. The van der Waals surface area contributed by atoms with Crippen LogP contribution in [0.25, 0.3) is 0 Å². The van der Waals surface area contributed by atoms with E-state index < -0.39 is 6.10 Å². The first-order valence-electron chi connectivity index (χ1n) is 7.56. The van der Waals surface area contributed by atoms with Crippen LogP contribution in [0.1, 0.15) is 43.9 Å². The molecule has 2 unspecified atom stereocenters. The molecule has 4 heteroatoms. The predicted molar refractivity (Wildman–Crippen MR) is 83.2 cm³/mol. The van der Waals surface area contributed by atoms with Crippen molar-refractivity contribution in [2.75, 3.05) is 25.2 Å². The first kappa shape index (κ1) is 15.8. The van der Waals surface area contributed by atoms with Gasteiger partial charge in [-0.15, -0.1) is 0 Å². The largest absolute Gasteiger partial charge is 0.389 e. The van der Waals surface area contributed by atoms with Gasteiger partial charge in [0.25, 0.3) is 0 Å². The molecular weight excluding hydrogens is 264 g/mol. The van der Waals surface area contributed by atoms with Gasteiger partial charge in [0.05, 0.1) is 24.3 Å². The molecular formula is C17H24N2O2. The summed E-state index contributed by atoms with van der Waals surface area (Å²) in [5.74, 6) is 0.703. The SMILES string of the molecule is COCCN(c1cc(C#N)ccc1C(C)O)C(C)C1CC1. The van der Waals surface area contributed by atoms with Crippen LogP contribution in [0.2, 0.25) is 0 Å². The summed E-state index contributed by atoms with van der Waals surface area (Å²) in [6.07, 6.45) is 1.96. The first-order valence-corrected chi connectivity index (χ1v) is 7.56. The first-order chi connectivity index (χ1) is 10.1. The Morgan fingerprint density at radius 2 is 2.14 bits per heavy atom. The fourth-order valence-corrected chi connectivity index (χ4v) is 2.78. The van der Waals surface area contributed by atoms with Crippen molar-refractivity contribution in [1.82, 2.24) is 0 Å². The summed E-state index contributed by atoms with van der Waals surface area (Å²) < 4.78 is 5.23. The molecule has 21 heavy (non-hydrogen) atoms. The van der Waals surface area contributed by atoms with Crippen LogP contribution in [0.4, 0.5) is 5.69 Å². The van der Waals surface area contributed by atoms with Crippen molar-refractivity contribution in [2.45, 2.75) is 38.8 Å². The molecule has 0 spiro atoms. The van der Waals surface area contributed by atoms with Gasteiger partial charge in [-0.3, -0.25) is 0 Å². The van der Waals surface area contributed by atoms with Crippen molar-refractivity contribution in [1.29, 1.82) is 5.26 Å². The fraction of sp³-hybridized carbons (Fsp3) is 0.588. The van der Waals surface area contributed by atoms with Gasteiger partial charge in [-0.05, 0) is 44.7 Å². The van der Waals surface area contributed by atoms with Gasteiger partial charge in [0.2, 0.25) is 0 Å². The van der Waals surface area contributed by atoms with Gasteiger partial charge < -0.3 is 14.7 Å². The Bertz CT molecular complexity index is 518. The Kier molecular flexibility index (Phi) is 5.22. The average Bonchev–Trinajstić information content (AvgIpc) is 3.31. The standard InChI is InChI=1S/C17H24N2O2/c1-12(15-5-6-15)19(8-9-21-3)17-10-14(11-18)4-7-16(17)13(2)20/h4,7,10,12-13,15,20H,5-6,8-9H2,1-3H3.